The lowest BCUT2D eigenvalue weighted by atomic mass is 10.0. The number of Topliss-reactive ketones (excluding diaryl/α,β-unsaturated/α-hetero) is 2. The number of carbonyl (C=O) groups excluding carboxylic acids is 3. The van der Waals surface area contributed by atoms with Crippen LogP contribution in [0.15, 0.2) is 0 Å². The Morgan fingerprint density at radius 1 is 1.08 bits per heavy atom. The molecule has 3 rings (SSSR count). The highest BCUT2D eigenvalue weighted by Gasteiger charge is 2.36. The van der Waals surface area contributed by atoms with Crippen LogP contribution in [-0.2, 0) is 4.79 Å². The molecule has 0 aromatic carbocycles. The van der Waals surface area contributed by atoms with E-state index >= 15 is 0 Å². The van der Waals surface area contributed by atoms with Crippen molar-refractivity contribution in [2.75, 3.05) is 26.2 Å². The molecule has 2 fully saturated rings. The fourth-order valence-electron chi connectivity index (χ4n) is 3.82. The summed E-state index contributed by atoms with van der Waals surface area (Å²) >= 11 is 0. The first-order valence-electron chi connectivity index (χ1n) is 9.08. The molecule has 1 saturated heterocycles. The molecule has 1 aromatic heterocycles. The molecule has 25 heavy (non-hydrogen) atoms. The largest absolute Gasteiger partial charge is 0.355 e. The molecule has 1 aromatic rings. The Morgan fingerprint density at radius 2 is 1.68 bits per heavy atom. The van der Waals surface area contributed by atoms with Crippen molar-refractivity contribution in [1.82, 2.24) is 14.8 Å². The number of ketones is 2. The molecule has 1 N–H and O–H groups in total. The molecule has 0 bridgehead atoms. The minimum atomic E-state index is -0.269. The van der Waals surface area contributed by atoms with Crippen molar-refractivity contribution in [3.63, 3.8) is 0 Å². The summed E-state index contributed by atoms with van der Waals surface area (Å²) in [5, 5.41) is 0. The number of H-pyrrole nitrogens is 1. The highest BCUT2D eigenvalue weighted by atomic mass is 16.2. The molecular formula is C19H27N3O3. The van der Waals surface area contributed by atoms with Gasteiger partial charge >= 0.3 is 0 Å². The lowest BCUT2D eigenvalue weighted by Gasteiger charge is -2.37. The Kier molecular flexibility index (Phi) is 4.82. The summed E-state index contributed by atoms with van der Waals surface area (Å²) in [6.07, 6.45) is 2.05. The van der Waals surface area contributed by atoms with Gasteiger partial charge in [-0.15, -0.1) is 0 Å². The molecule has 2 aliphatic rings. The number of hydrogen-bond donors (Lipinski definition) is 1. The second kappa shape index (κ2) is 6.75. The topological polar surface area (TPSA) is 73.5 Å². The molecule has 1 saturated carbocycles. The number of amides is 1. The molecule has 2 heterocycles. The Hall–Kier alpha value is -1.95. The zero-order chi connectivity index (χ0) is 18.3. The van der Waals surface area contributed by atoms with Crippen LogP contribution in [0.3, 0.4) is 0 Å². The van der Waals surface area contributed by atoms with Crippen LogP contribution in [-0.4, -0.2) is 64.5 Å². The number of piperazine rings is 1. The first kappa shape index (κ1) is 17.9. The van der Waals surface area contributed by atoms with E-state index in [2.05, 4.69) is 9.88 Å². The molecule has 0 radical (unpaired) electrons. The average Bonchev–Trinajstić information content (AvgIpc) is 3.38. The number of carbonyl (C=O) groups is 3. The van der Waals surface area contributed by atoms with E-state index in [0.29, 0.717) is 37.4 Å². The van der Waals surface area contributed by atoms with Crippen LogP contribution in [0.4, 0.5) is 0 Å². The molecule has 6 heteroatoms. The zero-order valence-corrected chi connectivity index (χ0v) is 15.5. The third kappa shape index (κ3) is 3.40. The predicted molar refractivity (Wildman–Crippen MR) is 94.9 cm³/mol. The third-order valence-electron chi connectivity index (χ3n) is 5.52. The second-order valence-electron chi connectivity index (χ2n) is 7.36. The van der Waals surface area contributed by atoms with Gasteiger partial charge < -0.3 is 9.88 Å². The van der Waals surface area contributed by atoms with Crippen molar-refractivity contribution >= 4 is 17.5 Å². The quantitative estimate of drug-likeness (QED) is 0.828. The summed E-state index contributed by atoms with van der Waals surface area (Å²) < 4.78 is 0. The molecule has 1 atom stereocenters. The van der Waals surface area contributed by atoms with Crippen molar-refractivity contribution in [1.29, 1.82) is 0 Å². The number of hydrogen-bond acceptors (Lipinski definition) is 4. The Labute approximate surface area is 148 Å². The Bertz CT molecular complexity index is 710. The molecule has 0 spiro atoms. The maximum absolute atomic E-state index is 12.9. The number of aryl methyl sites for hydroxylation is 1. The van der Waals surface area contributed by atoms with Crippen LogP contribution in [0.25, 0.3) is 0 Å². The van der Waals surface area contributed by atoms with E-state index in [1.165, 1.54) is 6.92 Å². The Morgan fingerprint density at radius 3 is 2.16 bits per heavy atom. The van der Waals surface area contributed by atoms with Gasteiger partial charge in [0.15, 0.2) is 11.6 Å². The van der Waals surface area contributed by atoms with Crippen LogP contribution >= 0.6 is 0 Å². The van der Waals surface area contributed by atoms with Crippen LogP contribution in [0, 0.1) is 19.8 Å². The molecular weight excluding hydrogens is 318 g/mol. The van der Waals surface area contributed by atoms with Crippen LogP contribution < -0.4 is 0 Å². The minimum Gasteiger partial charge on any atom is -0.355 e. The lowest BCUT2D eigenvalue weighted by molar-refractivity contribution is -0.134. The number of nitrogens with one attached hydrogen (secondary N) is 1. The van der Waals surface area contributed by atoms with Gasteiger partial charge in [0.05, 0.1) is 11.7 Å². The van der Waals surface area contributed by atoms with Gasteiger partial charge in [-0.3, -0.25) is 19.3 Å². The first-order chi connectivity index (χ1) is 11.8. The fourth-order valence-corrected chi connectivity index (χ4v) is 3.82. The standard InChI is InChI=1S/C19H27N3O3/c1-11-16(14(4)23)12(2)20-17(11)18(24)13(3)21-7-9-22(10-8-21)19(25)15-5-6-15/h13,15,20H,5-10H2,1-4H3. The van der Waals surface area contributed by atoms with Gasteiger partial charge in [0, 0.05) is 43.4 Å². The maximum atomic E-state index is 12.9. The second-order valence-corrected chi connectivity index (χ2v) is 7.36. The summed E-state index contributed by atoms with van der Waals surface area (Å²) in [5.41, 5.74) is 2.65. The highest BCUT2D eigenvalue weighted by Crippen LogP contribution is 2.31. The minimum absolute atomic E-state index is 0.00932. The van der Waals surface area contributed by atoms with E-state index in [1.54, 1.807) is 0 Å². The van der Waals surface area contributed by atoms with E-state index in [0.717, 1.165) is 24.1 Å². The third-order valence-corrected chi connectivity index (χ3v) is 5.52. The fraction of sp³-hybridized carbons (Fsp3) is 0.632. The summed E-state index contributed by atoms with van der Waals surface area (Å²) in [6, 6.07) is -0.269. The van der Waals surface area contributed by atoms with Gasteiger partial charge in [0.25, 0.3) is 0 Å². The van der Waals surface area contributed by atoms with Crippen molar-refractivity contribution < 1.29 is 14.4 Å². The summed E-state index contributed by atoms with van der Waals surface area (Å²) in [6.45, 7) is 9.89. The summed E-state index contributed by atoms with van der Waals surface area (Å²) in [5.74, 6) is 0.515. The van der Waals surface area contributed by atoms with Gasteiger partial charge in [-0.2, -0.15) is 0 Å². The highest BCUT2D eigenvalue weighted by molar-refractivity contribution is 6.05. The number of aromatic amines is 1. The summed E-state index contributed by atoms with van der Waals surface area (Å²) in [7, 11) is 0. The smallest absolute Gasteiger partial charge is 0.225 e. The molecule has 1 aliphatic carbocycles. The van der Waals surface area contributed by atoms with Crippen molar-refractivity contribution in [2.24, 2.45) is 5.92 Å². The maximum Gasteiger partial charge on any atom is 0.225 e. The van der Waals surface area contributed by atoms with Gasteiger partial charge in [-0.25, -0.2) is 0 Å². The molecule has 1 unspecified atom stereocenters. The number of aromatic nitrogens is 1. The molecule has 1 aliphatic heterocycles. The number of rotatable bonds is 5. The van der Waals surface area contributed by atoms with Crippen LogP contribution in [0.2, 0.25) is 0 Å². The van der Waals surface area contributed by atoms with Gasteiger partial charge in [0.2, 0.25) is 5.91 Å². The first-order valence-corrected chi connectivity index (χ1v) is 9.08. The van der Waals surface area contributed by atoms with Crippen molar-refractivity contribution in [2.45, 2.75) is 46.6 Å². The van der Waals surface area contributed by atoms with Gasteiger partial charge in [0.1, 0.15) is 0 Å². The van der Waals surface area contributed by atoms with Crippen molar-refractivity contribution in [3.05, 3.63) is 22.5 Å². The Balaban J connectivity index is 1.66. The molecule has 136 valence electrons. The van der Waals surface area contributed by atoms with E-state index < -0.39 is 0 Å². The van der Waals surface area contributed by atoms with Crippen LogP contribution in [0.1, 0.15) is 58.8 Å². The normalized spacial score (nSPS) is 19.8. The predicted octanol–water partition coefficient (Wildman–Crippen LogP) is 1.96. The SMILES string of the molecule is CC(=O)c1c(C)[nH]c(C(=O)C(C)N2CCN(C(=O)C3CC3)CC2)c1C. The van der Waals surface area contributed by atoms with Gasteiger partial charge in [-0.1, -0.05) is 0 Å². The number of nitrogens with zero attached hydrogens (tertiary/aromatic N) is 2. The lowest BCUT2D eigenvalue weighted by Crippen LogP contribution is -2.53. The summed E-state index contributed by atoms with van der Waals surface area (Å²) in [4.78, 5) is 44.0. The van der Waals surface area contributed by atoms with Crippen molar-refractivity contribution in [3.8, 4) is 0 Å². The molecule has 1 amide bonds. The molecule has 6 nitrogen and oxygen atoms in total. The monoisotopic (exact) mass is 345 g/mol. The average molecular weight is 345 g/mol. The van der Waals surface area contributed by atoms with Gasteiger partial charge in [-0.05, 0) is 46.1 Å². The van der Waals surface area contributed by atoms with E-state index in [-0.39, 0.29) is 29.4 Å². The zero-order valence-electron chi connectivity index (χ0n) is 15.5. The van der Waals surface area contributed by atoms with E-state index in [1.807, 2.05) is 25.7 Å². The van der Waals surface area contributed by atoms with Crippen LogP contribution in [0.5, 0.6) is 0 Å². The van der Waals surface area contributed by atoms with E-state index in [4.69, 9.17) is 0 Å². The van der Waals surface area contributed by atoms with E-state index in [9.17, 15) is 14.4 Å².